The average Bonchev–Trinajstić information content (AvgIpc) is 2.59. The summed E-state index contributed by atoms with van der Waals surface area (Å²) in [7, 11) is 3.17. The number of methoxy groups -OCH3 is 2. The monoisotopic (exact) mass is 320 g/mol. The summed E-state index contributed by atoms with van der Waals surface area (Å²) in [5, 5.41) is 0. The van der Waals surface area contributed by atoms with Crippen molar-refractivity contribution in [2.45, 2.75) is 39.5 Å². The van der Waals surface area contributed by atoms with Gasteiger partial charge >= 0.3 is 5.97 Å². The van der Waals surface area contributed by atoms with E-state index in [1.807, 2.05) is 18.2 Å². The van der Waals surface area contributed by atoms with Crippen molar-refractivity contribution in [3.05, 3.63) is 29.8 Å². The van der Waals surface area contributed by atoms with Crippen LogP contribution < -0.4 is 9.47 Å². The fourth-order valence-corrected chi connectivity index (χ4v) is 2.27. The van der Waals surface area contributed by atoms with E-state index in [0.717, 1.165) is 18.4 Å². The number of unbranched alkanes of at least 4 members (excludes halogenated alkanes) is 1. The first-order chi connectivity index (χ1) is 11.1. The molecule has 4 heteroatoms. The lowest BCUT2D eigenvalue weighted by atomic mass is 10.0. The molecule has 23 heavy (non-hydrogen) atoms. The molecule has 1 aromatic carbocycles. The normalized spacial score (nSPS) is 12.2. The fourth-order valence-electron chi connectivity index (χ4n) is 2.27. The molecule has 1 rings (SSSR count). The number of benzene rings is 1. The second-order valence-electron chi connectivity index (χ2n) is 5.49. The predicted octanol–water partition coefficient (Wildman–Crippen LogP) is 4.48. The van der Waals surface area contributed by atoms with E-state index in [1.165, 1.54) is 18.9 Å². The van der Waals surface area contributed by atoms with Crippen LogP contribution >= 0.6 is 0 Å². The van der Waals surface area contributed by atoms with Gasteiger partial charge in [-0.15, -0.1) is 0 Å². The van der Waals surface area contributed by atoms with Gasteiger partial charge in [-0.1, -0.05) is 39.2 Å². The summed E-state index contributed by atoms with van der Waals surface area (Å²) in [6.45, 7) is 4.80. The molecular formula is C19H28O4. The van der Waals surface area contributed by atoms with Gasteiger partial charge in [0.25, 0.3) is 0 Å². The van der Waals surface area contributed by atoms with Gasteiger partial charge in [-0.3, -0.25) is 0 Å². The molecule has 0 N–H and O–H groups in total. The van der Waals surface area contributed by atoms with Gasteiger partial charge in [-0.2, -0.15) is 0 Å². The van der Waals surface area contributed by atoms with Crippen molar-refractivity contribution in [1.29, 1.82) is 0 Å². The third-order valence-electron chi connectivity index (χ3n) is 3.82. The van der Waals surface area contributed by atoms with Crippen LogP contribution in [0.2, 0.25) is 0 Å². The fraction of sp³-hybridized carbons (Fsp3) is 0.526. The van der Waals surface area contributed by atoms with Crippen LogP contribution in [0, 0.1) is 5.92 Å². The van der Waals surface area contributed by atoms with Crippen LogP contribution in [-0.2, 0) is 9.53 Å². The minimum absolute atomic E-state index is 0.310. The van der Waals surface area contributed by atoms with Gasteiger partial charge in [-0.25, -0.2) is 4.79 Å². The van der Waals surface area contributed by atoms with E-state index >= 15 is 0 Å². The van der Waals surface area contributed by atoms with Gasteiger partial charge in [-0.05, 0) is 36.1 Å². The zero-order valence-corrected chi connectivity index (χ0v) is 14.6. The van der Waals surface area contributed by atoms with Gasteiger partial charge in [0.1, 0.15) is 0 Å². The number of rotatable bonds is 10. The van der Waals surface area contributed by atoms with E-state index < -0.39 is 0 Å². The molecule has 0 amide bonds. The van der Waals surface area contributed by atoms with Crippen molar-refractivity contribution >= 4 is 12.0 Å². The van der Waals surface area contributed by atoms with E-state index in [0.29, 0.717) is 24.0 Å². The molecule has 0 saturated heterocycles. The number of hydrogen-bond acceptors (Lipinski definition) is 4. The van der Waals surface area contributed by atoms with Gasteiger partial charge < -0.3 is 14.2 Å². The minimum atomic E-state index is -0.310. The second kappa shape index (κ2) is 10.7. The first-order valence-electron chi connectivity index (χ1n) is 8.21. The smallest absolute Gasteiger partial charge is 0.330 e. The highest BCUT2D eigenvalue weighted by atomic mass is 16.5. The standard InChI is InChI=1S/C19H28O4/c1-5-7-8-15(6-2)14-23-19(20)12-10-16-9-11-17(21-3)18(13-16)22-4/h9-13,15H,5-8,14H2,1-4H3/b12-10+. The highest BCUT2D eigenvalue weighted by Crippen LogP contribution is 2.27. The molecule has 0 aromatic heterocycles. The van der Waals surface area contributed by atoms with Crippen molar-refractivity contribution in [2.24, 2.45) is 5.92 Å². The maximum Gasteiger partial charge on any atom is 0.330 e. The molecule has 0 aliphatic carbocycles. The molecule has 1 aromatic rings. The Bertz CT molecular complexity index is 508. The Morgan fingerprint density at radius 2 is 1.91 bits per heavy atom. The van der Waals surface area contributed by atoms with Crippen molar-refractivity contribution < 1.29 is 19.0 Å². The Morgan fingerprint density at radius 1 is 1.17 bits per heavy atom. The van der Waals surface area contributed by atoms with E-state index in [4.69, 9.17) is 14.2 Å². The molecule has 0 heterocycles. The summed E-state index contributed by atoms with van der Waals surface area (Å²) in [5.41, 5.74) is 0.859. The van der Waals surface area contributed by atoms with Crippen molar-refractivity contribution in [3.8, 4) is 11.5 Å². The molecule has 1 unspecified atom stereocenters. The highest BCUT2D eigenvalue weighted by molar-refractivity contribution is 5.87. The molecule has 1 atom stereocenters. The van der Waals surface area contributed by atoms with E-state index in [2.05, 4.69) is 13.8 Å². The topological polar surface area (TPSA) is 44.8 Å². The molecule has 0 radical (unpaired) electrons. The SMILES string of the molecule is CCCCC(CC)COC(=O)/C=C/c1ccc(OC)c(OC)c1. The van der Waals surface area contributed by atoms with Crippen LogP contribution in [0.15, 0.2) is 24.3 Å². The Hall–Kier alpha value is -1.97. The van der Waals surface area contributed by atoms with Crippen LogP contribution in [0.5, 0.6) is 11.5 Å². The Balaban J connectivity index is 2.54. The molecular weight excluding hydrogens is 292 g/mol. The zero-order valence-electron chi connectivity index (χ0n) is 14.6. The summed E-state index contributed by atoms with van der Waals surface area (Å²) in [5.74, 6) is 1.44. The Morgan fingerprint density at radius 3 is 2.52 bits per heavy atom. The minimum Gasteiger partial charge on any atom is -0.493 e. The second-order valence-corrected chi connectivity index (χ2v) is 5.49. The van der Waals surface area contributed by atoms with Crippen molar-refractivity contribution in [1.82, 2.24) is 0 Å². The van der Waals surface area contributed by atoms with E-state index in [1.54, 1.807) is 20.3 Å². The number of esters is 1. The number of ether oxygens (including phenoxy) is 3. The van der Waals surface area contributed by atoms with E-state index in [-0.39, 0.29) is 5.97 Å². The lowest BCUT2D eigenvalue weighted by molar-refractivity contribution is -0.139. The van der Waals surface area contributed by atoms with Crippen LogP contribution in [0.25, 0.3) is 6.08 Å². The Kier molecular flexibility index (Phi) is 8.88. The quantitative estimate of drug-likeness (QED) is 0.471. The zero-order chi connectivity index (χ0) is 17.1. The van der Waals surface area contributed by atoms with Gasteiger partial charge in [0.15, 0.2) is 11.5 Å². The first-order valence-corrected chi connectivity index (χ1v) is 8.21. The molecule has 0 fully saturated rings. The maximum absolute atomic E-state index is 11.8. The van der Waals surface area contributed by atoms with Gasteiger partial charge in [0.2, 0.25) is 0 Å². The summed E-state index contributed by atoms with van der Waals surface area (Å²) in [4.78, 5) is 11.8. The van der Waals surface area contributed by atoms with Crippen LogP contribution in [0.1, 0.15) is 45.1 Å². The molecule has 0 bridgehead atoms. The summed E-state index contributed by atoms with van der Waals surface area (Å²) < 4.78 is 15.8. The molecule has 0 aliphatic rings. The first kappa shape index (κ1) is 19.1. The van der Waals surface area contributed by atoms with E-state index in [9.17, 15) is 4.79 Å². The third-order valence-corrected chi connectivity index (χ3v) is 3.82. The van der Waals surface area contributed by atoms with Crippen LogP contribution in [-0.4, -0.2) is 26.8 Å². The summed E-state index contributed by atoms with van der Waals surface area (Å²) in [6, 6.07) is 5.49. The maximum atomic E-state index is 11.8. The predicted molar refractivity (Wildman–Crippen MR) is 92.8 cm³/mol. The third kappa shape index (κ3) is 6.76. The van der Waals surface area contributed by atoms with Gasteiger partial charge in [0, 0.05) is 6.08 Å². The largest absolute Gasteiger partial charge is 0.493 e. The van der Waals surface area contributed by atoms with Crippen molar-refractivity contribution in [3.63, 3.8) is 0 Å². The Labute approximate surface area is 139 Å². The molecule has 0 saturated carbocycles. The van der Waals surface area contributed by atoms with Crippen LogP contribution in [0.4, 0.5) is 0 Å². The number of carbonyl (C=O) groups excluding carboxylic acids is 1. The lowest BCUT2D eigenvalue weighted by Gasteiger charge is -2.13. The van der Waals surface area contributed by atoms with Gasteiger partial charge in [0.05, 0.1) is 20.8 Å². The molecule has 0 aliphatic heterocycles. The molecule has 0 spiro atoms. The molecule has 4 nitrogen and oxygen atoms in total. The highest BCUT2D eigenvalue weighted by Gasteiger charge is 2.08. The lowest BCUT2D eigenvalue weighted by Crippen LogP contribution is -2.12. The summed E-state index contributed by atoms with van der Waals surface area (Å²) in [6.07, 6.45) is 7.67. The molecule has 128 valence electrons. The van der Waals surface area contributed by atoms with Crippen LogP contribution in [0.3, 0.4) is 0 Å². The van der Waals surface area contributed by atoms with Crippen molar-refractivity contribution in [2.75, 3.05) is 20.8 Å². The average molecular weight is 320 g/mol. The number of hydrogen-bond donors (Lipinski definition) is 0. The summed E-state index contributed by atoms with van der Waals surface area (Å²) >= 11 is 0. The number of carbonyl (C=O) groups is 1.